The van der Waals surface area contributed by atoms with Crippen LogP contribution >= 0.6 is 23.2 Å². The van der Waals surface area contributed by atoms with Gasteiger partial charge in [-0.25, -0.2) is 4.79 Å². The molecule has 2 amide bonds. The van der Waals surface area contributed by atoms with Gasteiger partial charge in [-0.2, -0.15) is 0 Å². The first-order chi connectivity index (χ1) is 9.90. The van der Waals surface area contributed by atoms with E-state index in [4.69, 9.17) is 28.3 Å². The maximum absolute atomic E-state index is 12.1. The second kappa shape index (κ2) is 6.54. The quantitative estimate of drug-likeness (QED) is 0.783. The normalized spacial score (nSPS) is 16.5. The number of hydrogen-bond donors (Lipinski definition) is 3. The number of carbonyl (C=O) groups excluding carboxylic acids is 1. The minimum absolute atomic E-state index is 0.0677. The van der Waals surface area contributed by atoms with E-state index in [1.807, 2.05) is 0 Å². The van der Waals surface area contributed by atoms with Gasteiger partial charge in [-0.05, 0) is 31.0 Å². The Morgan fingerprint density at radius 1 is 1.19 bits per heavy atom. The van der Waals surface area contributed by atoms with Crippen LogP contribution in [-0.2, 0) is 4.79 Å². The molecule has 0 saturated heterocycles. The third-order valence-electron chi connectivity index (χ3n) is 3.61. The summed E-state index contributed by atoms with van der Waals surface area (Å²) in [5, 5.41) is 15.2. The molecule has 114 valence electrons. The van der Waals surface area contributed by atoms with Crippen molar-refractivity contribution in [2.75, 3.05) is 5.32 Å². The van der Waals surface area contributed by atoms with Gasteiger partial charge in [0.1, 0.15) is 0 Å². The minimum atomic E-state index is -0.910. The lowest BCUT2D eigenvalue weighted by Crippen LogP contribution is -2.49. The molecule has 7 heteroatoms. The van der Waals surface area contributed by atoms with Gasteiger partial charge in [0, 0.05) is 5.69 Å². The van der Waals surface area contributed by atoms with Crippen LogP contribution in [0.4, 0.5) is 10.5 Å². The van der Waals surface area contributed by atoms with Crippen LogP contribution in [0.2, 0.25) is 10.0 Å². The molecule has 2 rings (SSSR count). The van der Waals surface area contributed by atoms with Crippen LogP contribution in [-0.4, -0.2) is 22.6 Å². The van der Waals surface area contributed by atoms with E-state index in [0.29, 0.717) is 28.6 Å². The van der Waals surface area contributed by atoms with E-state index < -0.39 is 17.5 Å². The van der Waals surface area contributed by atoms with E-state index >= 15 is 0 Å². The number of carboxylic acid groups (broad SMARTS) is 1. The highest BCUT2D eigenvalue weighted by molar-refractivity contribution is 6.42. The predicted molar refractivity (Wildman–Crippen MR) is 82.1 cm³/mol. The Morgan fingerprint density at radius 2 is 1.86 bits per heavy atom. The molecule has 1 fully saturated rings. The Labute approximate surface area is 132 Å². The van der Waals surface area contributed by atoms with Crippen LogP contribution in [0.5, 0.6) is 0 Å². The zero-order valence-corrected chi connectivity index (χ0v) is 12.8. The van der Waals surface area contributed by atoms with Crippen molar-refractivity contribution in [3.8, 4) is 0 Å². The molecule has 21 heavy (non-hydrogen) atoms. The van der Waals surface area contributed by atoms with E-state index in [0.717, 1.165) is 12.8 Å². The number of benzene rings is 1. The molecule has 1 aromatic carbocycles. The smallest absolute Gasteiger partial charge is 0.319 e. The Morgan fingerprint density at radius 3 is 2.43 bits per heavy atom. The summed E-state index contributed by atoms with van der Waals surface area (Å²) in [6, 6.07) is 4.33. The van der Waals surface area contributed by atoms with E-state index in [2.05, 4.69) is 10.6 Å². The lowest BCUT2D eigenvalue weighted by atomic mass is 9.93. The molecule has 0 spiro atoms. The highest BCUT2D eigenvalue weighted by atomic mass is 35.5. The van der Waals surface area contributed by atoms with Crippen molar-refractivity contribution in [1.29, 1.82) is 0 Å². The number of urea groups is 1. The van der Waals surface area contributed by atoms with E-state index in [9.17, 15) is 9.59 Å². The number of aliphatic carboxylic acids is 1. The number of rotatable bonds is 4. The largest absolute Gasteiger partial charge is 0.481 e. The lowest BCUT2D eigenvalue weighted by Gasteiger charge is -2.28. The Hall–Kier alpha value is -1.46. The van der Waals surface area contributed by atoms with Gasteiger partial charge in [-0.15, -0.1) is 0 Å². The molecular weight excluding hydrogens is 315 g/mol. The molecule has 0 unspecified atom stereocenters. The van der Waals surface area contributed by atoms with Crippen LogP contribution in [0.25, 0.3) is 0 Å². The SMILES string of the molecule is O=C(O)CC1(NC(=O)Nc2ccc(Cl)c(Cl)c2)CCCC1. The number of anilines is 1. The monoisotopic (exact) mass is 330 g/mol. The van der Waals surface area contributed by atoms with Crippen LogP contribution in [0.15, 0.2) is 18.2 Å². The number of carbonyl (C=O) groups is 2. The second-order valence-electron chi connectivity index (χ2n) is 5.27. The fourth-order valence-corrected chi connectivity index (χ4v) is 2.96. The van der Waals surface area contributed by atoms with Crippen LogP contribution in [0.1, 0.15) is 32.1 Å². The van der Waals surface area contributed by atoms with Crippen LogP contribution in [0.3, 0.4) is 0 Å². The third-order valence-corrected chi connectivity index (χ3v) is 4.35. The summed E-state index contributed by atoms with van der Waals surface area (Å²) >= 11 is 11.7. The number of nitrogens with one attached hydrogen (secondary N) is 2. The van der Waals surface area contributed by atoms with Gasteiger partial charge in [0.25, 0.3) is 0 Å². The number of amides is 2. The first-order valence-corrected chi connectivity index (χ1v) is 7.42. The van der Waals surface area contributed by atoms with Gasteiger partial charge in [0.2, 0.25) is 0 Å². The minimum Gasteiger partial charge on any atom is -0.481 e. The summed E-state index contributed by atoms with van der Waals surface area (Å²) in [6.07, 6.45) is 3.12. The van der Waals surface area contributed by atoms with Crippen molar-refractivity contribution >= 4 is 40.9 Å². The van der Waals surface area contributed by atoms with Crippen molar-refractivity contribution in [3.05, 3.63) is 28.2 Å². The molecule has 1 aliphatic rings. The molecule has 3 N–H and O–H groups in total. The van der Waals surface area contributed by atoms with Crippen molar-refractivity contribution in [3.63, 3.8) is 0 Å². The molecular formula is C14H16Cl2N2O3. The van der Waals surface area contributed by atoms with Gasteiger partial charge in [0.05, 0.1) is 22.0 Å². The second-order valence-corrected chi connectivity index (χ2v) is 6.08. The summed E-state index contributed by atoms with van der Waals surface area (Å²) in [7, 11) is 0. The van der Waals surface area contributed by atoms with Crippen molar-refractivity contribution in [2.24, 2.45) is 0 Å². The molecule has 1 aromatic rings. The van der Waals surface area contributed by atoms with Crippen molar-refractivity contribution in [2.45, 2.75) is 37.6 Å². The van der Waals surface area contributed by atoms with Gasteiger partial charge < -0.3 is 15.7 Å². The molecule has 1 saturated carbocycles. The van der Waals surface area contributed by atoms with Crippen molar-refractivity contribution < 1.29 is 14.7 Å². The van der Waals surface area contributed by atoms with Gasteiger partial charge in [-0.1, -0.05) is 36.0 Å². The Kier molecular flexibility index (Phi) is 4.96. The highest BCUT2D eigenvalue weighted by Crippen LogP contribution is 2.33. The van der Waals surface area contributed by atoms with Gasteiger partial charge in [0.15, 0.2) is 0 Å². The fraction of sp³-hybridized carbons (Fsp3) is 0.429. The molecule has 0 aliphatic heterocycles. The molecule has 0 atom stereocenters. The summed E-state index contributed by atoms with van der Waals surface area (Å²) < 4.78 is 0. The fourth-order valence-electron chi connectivity index (χ4n) is 2.66. The zero-order chi connectivity index (χ0) is 15.5. The highest BCUT2D eigenvalue weighted by Gasteiger charge is 2.37. The molecule has 0 bridgehead atoms. The average molecular weight is 331 g/mol. The van der Waals surface area contributed by atoms with Gasteiger partial charge in [-0.3, -0.25) is 4.79 Å². The van der Waals surface area contributed by atoms with Crippen molar-refractivity contribution in [1.82, 2.24) is 5.32 Å². The molecule has 0 radical (unpaired) electrons. The summed E-state index contributed by atoms with van der Waals surface area (Å²) in [4.78, 5) is 23.0. The average Bonchev–Trinajstić information content (AvgIpc) is 2.80. The number of carboxylic acids is 1. The van der Waals surface area contributed by atoms with E-state index in [1.54, 1.807) is 18.2 Å². The van der Waals surface area contributed by atoms with E-state index in [-0.39, 0.29) is 6.42 Å². The number of hydrogen-bond acceptors (Lipinski definition) is 2. The lowest BCUT2D eigenvalue weighted by molar-refractivity contribution is -0.138. The van der Waals surface area contributed by atoms with Gasteiger partial charge >= 0.3 is 12.0 Å². The summed E-state index contributed by atoms with van der Waals surface area (Å²) in [5.74, 6) is -0.910. The summed E-state index contributed by atoms with van der Waals surface area (Å²) in [5.41, 5.74) is -0.156. The zero-order valence-electron chi connectivity index (χ0n) is 11.3. The van der Waals surface area contributed by atoms with Crippen LogP contribution in [0, 0.1) is 0 Å². The first kappa shape index (κ1) is 15.9. The van der Waals surface area contributed by atoms with Crippen LogP contribution < -0.4 is 10.6 Å². The maximum Gasteiger partial charge on any atom is 0.319 e. The topological polar surface area (TPSA) is 78.4 Å². The molecule has 5 nitrogen and oxygen atoms in total. The first-order valence-electron chi connectivity index (χ1n) is 6.66. The molecule has 0 aromatic heterocycles. The molecule has 0 heterocycles. The standard InChI is InChI=1S/C14H16Cl2N2O3/c15-10-4-3-9(7-11(10)16)17-13(21)18-14(8-12(19)20)5-1-2-6-14/h3-4,7H,1-2,5-6,8H2,(H,19,20)(H2,17,18,21). The predicted octanol–water partition coefficient (Wildman–Crippen LogP) is 3.90. The molecule has 1 aliphatic carbocycles. The maximum atomic E-state index is 12.1. The van der Waals surface area contributed by atoms with E-state index in [1.165, 1.54) is 0 Å². The Balaban J connectivity index is 2.02. The number of halogens is 2. The Bertz CT molecular complexity index is 557. The summed E-state index contributed by atoms with van der Waals surface area (Å²) in [6.45, 7) is 0. The third kappa shape index (κ3) is 4.25.